The van der Waals surface area contributed by atoms with E-state index in [0.717, 1.165) is 37.5 Å². The molecule has 0 radical (unpaired) electrons. The van der Waals surface area contributed by atoms with Crippen LogP contribution >= 0.6 is 0 Å². The Morgan fingerprint density at radius 1 is 1.25 bits per heavy atom. The number of amides is 1. The number of likely N-dealkylation sites (tertiary alicyclic amines) is 1. The molecule has 6 heteroatoms. The lowest BCUT2D eigenvalue weighted by atomic mass is 9.97. The molecule has 1 amide bonds. The highest BCUT2D eigenvalue weighted by molar-refractivity contribution is 5.92. The van der Waals surface area contributed by atoms with Gasteiger partial charge in [-0.2, -0.15) is 5.10 Å². The highest BCUT2D eigenvalue weighted by atomic mass is 16.4. The van der Waals surface area contributed by atoms with Gasteiger partial charge in [-0.15, -0.1) is 0 Å². The van der Waals surface area contributed by atoms with E-state index in [0.29, 0.717) is 12.2 Å². The lowest BCUT2D eigenvalue weighted by Crippen LogP contribution is -2.40. The van der Waals surface area contributed by atoms with Crippen molar-refractivity contribution >= 4 is 5.91 Å². The van der Waals surface area contributed by atoms with E-state index in [4.69, 9.17) is 4.42 Å². The van der Waals surface area contributed by atoms with Gasteiger partial charge < -0.3 is 9.32 Å². The molecule has 146 valence electrons. The molecular formula is C22H26N4O2. The Hall–Kier alpha value is -2.89. The van der Waals surface area contributed by atoms with E-state index in [1.54, 1.807) is 16.9 Å². The molecular weight excluding hydrogens is 352 g/mol. The Labute approximate surface area is 165 Å². The number of rotatable bonds is 5. The lowest BCUT2D eigenvalue weighted by molar-refractivity contribution is 0.0683. The highest BCUT2D eigenvalue weighted by Gasteiger charge is 2.30. The third-order valence-electron chi connectivity index (χ3n) is 5.23. The zero-order chi connectivity index (χ0) is 19.5. The molecule has 0 spiro atoms. The van der Waals surface area contributed by atoms with Crippen molar-refractivity contribution in [3.8, 4) is 0 Å². The zero-order valence-corrected chi connectivity index (χ0v) is 16.4. The maximum Gasteiger partial charge on any atom is 0.272 e. The van der Waals surface area contributed by atoms with Crippen molar-refractivity contribution in [3.63, 3.8) is 0 Å². The molecule has 1 fully saturated rings. The van der Waals surface area contributed by atoms with Gasteiger partial charge in [0.1, 0.15) is 11.5 Å². The SMILES string of the molecule is CC(C)n1nccc1C(=O)N1CCCC(c2ncc(Cc3ccccc3)o2)C1. The summed E-state index contributed by atoms with van der Waals surface area (Å²) in [7, 11) is 0. The monoisotopic (exact) mass is 378 g/mol. The number of nitrogens with zero attached hydrogens (tertiary/aromatic N) is 4. The molecule has 2 aromatic heterocycles. The quantitative estimate of drug-likeness (QED) is 0.671. The number of benzene rings is 1. The first-order valence-corrected chi connectivity index (χ1v) is 9.93. The minimum absolute atomic E-state index is 0.0342. The lowest BCUT2D eigenvalue weighted by Gasteiger charge is -2.31. The van der Waals surface area contributed by atoms with Gasteiger partial charge in [0.2, 0.25) is 0 Å². The molecule has 28 heavy (non-hydrogen) atoms. The topological polar surface area (TPSA) is 64.2 Å². The Kier molecular flexibility index (Phi) is 5.28. The second kappa shape index (κ2) is 8.00. The molecule has 0 saturated carbocycles. The molecule has 1 aromatic carbocycles. The summed E-state index contributed by atoms with van der Waals surface area (Å²) in [5.41, 5.74) is 1.85. The summed E-state index contributed by atoms with van der Waals surface area (Å²) < 4.78 is 7.83. The molecule has 0 aliphatic carbocycles. The minimum atomic E-state index is 0.0342. The summed E-state index contributed by atoms with van der Waals surface area (Å²) >= 11 is 0. The molecule has 0 N–H and O–H groups in total. The van der Waals surface area contributed by atoms with Crippen LogP contribution in [0.2, 0.25) is 0 Å². The van der Waals surface area contributed by atoms with Crippen molar-refractivity contribution in [3.05, 3.63) is 71.7 Å². The number of piperidine rings is 1. The number of oxazole rings is 1. The molecule has 3 heterocycles. The maximum absolute atomic E-state index is 13.0. The first-order chi connectivity index (χ1) is 13.6. The average Bonchev–Trinajstić information content (AvgIpc) is 3.38. The average molecular weight is 378 g/mol. The highest BCUT2D eigenvalue weighted by Crippen LogP contribution is 2.28. The van der Waals surface area contributed by atoms with Crippen molar-refractivity contribution in [2.45, 2.75) is 45.1 Å². The Bertz CT molecular complexity index is 929. The second-order valence-electron chi connectivity index (χ2n) is 7.67. The molecule has 1 unspecified atom stereocenters. The van der Waals surface area contributed by atoms with E-state index < -0.39 is 0 Å². The molecule has 1 saturated heterocycles. The third-order valence-corrected chi connectivity index (χ3v) is 5.23. The van der Waals surface area contributed by atoms with Gasteiger partial charge in [-0.25, -0.2) is 4.98 Å². The van der Waals surface area contributed by atoms with E-state index in [-0.39, 0.29) is 17.9 Å². The van der Waals surface area contributed by atoms with Gasteiger partial charge >= 0.3 is 0 Å². The molecule has 6 nitrogen and oxygen atoms in total. The number of hydrogen-bond acceptors (Lipinski definition) is 4. The van der Waals surface area contributed by atoms with Gasteiger partial charge in [0.25, 0.3) is 5.91 Å². The fourth-order valence-corrected chi connectivity index (χ4v) is 3.81. The predicted octanol–water partition coefficient (Wildman–Crippen LogP) is 4.06. The van der Waals surface area contributed by atoms with E-state index >= 15 is 0 Å². The molecule has 3 aromatic rings. The molecule has 1 atom stereocenters. The van der Waals surface area contributed by atoms with Crippen molar-refractivity contribution < 1.29 is 9.21 Å². The van der Waals surface area contributed by atoms with E-state index in [1.165, 1.54) is 5.56 Å². The van der Waals surface area contributed by atoms with Gasteiger partial charge in [-0.05, 0) is 38.3 Å². The smallest absolute Gasteiger partial charge is 0.272 e. The van der Waals surface area contributed by atoms with Crippen LogP contribution in [0.4, 0.5) is 0 Å². The van der Waals surface area contributed by atoms with Crippen molar-refractivity contribution in [2.75, 3.05) is 13.1 Å². The van der Waals surface area contributed by atoms with Crippen molar-refractivity contribution in [1.29, 1.82) is 0 Å². The minimum Gasteiger partial charge on any atom is -0.445 e. The summed E-state index contributed by atoms with van der Waals surface area (Å²) in [6.45, 7) is 5.46. The fraction of sp³-hybridized carbons (Fsp3) is 0.409. The predicted molar refractivity (Wildman–Crippen MR) is 106 cm³/mol. The number of aromatic nitrogens is 3. The van der Waals surface area contributed by atoms with E-state index in [2.05, 4.69) is 22.2 Å². The first-order valence-electron chi connectivity index (χ1n) is 9.93. The largest absolute Gasteiger partial charge is 0.445 e. The van der Waals surface area contributed by atoms with Gasteiger partial charge in [0.15, 0.2) is 5.89 Å². The molecule has 1 aliphatic rings. The maximum atomic E-state index is 13.0. The Morgan fingerprint density at radius 3 is 2.86 bits per heavy atom. The number of carbonyl (C=O) groups is 1. The van der Waals surface area contributed by atoms with Crippen LogP contribution in [0.25, 0.3) is 0 Å². The molecule has 4 rings (SSSR count). The van der Waals surface area contributed by atoms with Crippen LogP contribution in [-0.2, 0) is 6.42 Å². The van der Waals surface area contributed by atoms with Crippen LogP contribution in [0.1, 0.15) is 66.4 Å². The summed E-state index contributed by atoms with van der Waals surface area (Å²) in [4.78, 5) is 19.4. The van der Waals surface area contributed by atoms with E-state index in [9.17, 15) is 4.79 Å². The fourth-order valence-electron chi connectivity index (χ4n) is 3.81. The Balaban J connectivity index is 1.45. The first kappa shape index (κ1) is 18.5. The third kappa shape index (κ3) is 3.86. The summed E-state index contributed by atoms with van der Waals surface area (Å²) in [5.74, 6) is 1.77. The van der Waals surface area contributed by atoms with Crippen LogP contribution < -0.4 is 0 Å². The summed E-state index contributed by atoms with van der Waals surface area (Å²) in [6.07, 6.45) is 6.17. The van der Waals surface area contributed by atoms with Crippen molar-refractivity contribution in [1.82, 2.24) is 19.7 Å². The van der Waals surface area contributed by atoms with Gasteiger partial charge in [0, 0.05) is 31.7 Å². The van der Waals surface area contributed by atoms with Gasteiger partial charge in [-0.1, -0.05) is 30.3 Å². The second-order valence-corrected chi connectivity index (χ2v) is 7.67. The van der Waals surface area contributed by atoms with Crippen LogP contribution in [-0.4, -0.2) is 38.7 Å². The van der Waals surface area contributed by atoms with Crippen LogP contribution in [0.15, 0.2) is 53.2 Å². The van der Waals surface area contributed by atoms with Crippen molar-refractivity contribution in [2.24, 2.45) is 0 Å². The Morgan fingerprint density at radius 2 is 2.07 bits per heavy atom. The van der Waals surface area contributed by atoms with E-state index in [1.807, 2.05) is 43.1 Å². The standard InChI is InChI=1S/C22H26N4O2/c1-16(2)26-20(10-11-24-26)22(27)25-12-6-9-18(15-25)21-23-14-19(28-21)13-17-7-4-3-5-8-17/h3-5,7-8,10-11,14,16,18H,6,9,12-13,15H2,1-2H3. The number of carbonyl (C=O) groups excluding carboxylic acids is 1. The molecule has 0 bridgehead atoms. The van der Waals surface area contributed by atoms with Gasteiger partial charge in [0.05, 0.1) is 12.1 Å². The van der Waals surface area contributed by atoms with Gasteiger partial charge in [-0.3, -0.25) is 9.48 Å². The molecule has 1 aliphatic heterocycles. The van der Waals surface area contributed by atoms with Crippen LogP contribution in [0.5, 0.6) is 0 Å². The number of hydrogen-bond donors (Lipinski definition) is 0. The van der Waals surface area contributed by atoms with Crippen LogP contribution in [0.3, 0.4) is 0 Å². The summed E-state index contributed by atoms with van der Waals surface area (Å²) in [6, 6.07) is 12.2. The normalized spacial score (nSPS) is 17.2. The zero-order valence-electron chi connectivity index (χ0n) is 16.4. The van der Waals surface area contributed by atoms with Crippen LogP contribution in [0, 0.1) is 0 Å². The summed E-state index contributed by atoms with van der Waals surface area (Å²) in [5, 5.41) is 4.29.